The van der Waals surface area contributed by atoms with Crippen LogP contribution in [-0.4, -0.2) is 27.2 Å². The summed E-state index contributed by atoms with van der Waals surface area (Å²) in [5.41, 5.74) is 2.67. The molecule has 0 aliphatic heterocycles. The van der Waals surface area contributed by atoms with Crippen LogP contribution in [0.5, 0.6) is 0 Å². The van der Waals surface area contributed by atoms with Crippen molar-refractivity contribution in [2.75, 3.05) is 6.54 Å². The molecule has 3 aromatic rings. The number of carbonyl (C=O) groups is 1. The van der Waals surface area contributed by atoms with Crippen LogP contribution in [0, 0.1) is 6.92 Å². The standard InChI is InChI=1S/C18H20N4O2/c1-12-7-8-17(23)22(21-12)13(2)18(24)19-10-9-14-11-20-16-6-4-3-5-15(14)16/h3-8,11,13,20H,9-10H2,1-2H3,(H,19,24)/t13-/m0/s1. The Hall–Kier alpha value is -2.89. The lowest BCUT2D eigenvalue weighted by atomic mass is 10.1. The van der Waals surface area contributed by atoms with Gasteiger partial charge in [-0.05, 0) is 38.0 Å². The molecular weight excluding hydrogens is 304 g/mol. The number of aryl methyl sites for hydroxylation is 1. The molecule has 0 saturated heterocycles. The van der Waals surface area contributed by atoms with Gasteiger partial charge in [0.2, 0.25) is 5.91 Å². The van der Waals surface area contributed by atoms with Gasteiger partial charge >= 0.3 is 0 Å². The SMILES string of the molecule is Cc1ccc(=O)n([C@@H](C)C(=O)NCCc2c[nH]c3ccccc23)n1. The minimum Gasteiger partial charge on any atom is -0.361 e. The van der Waals surface area contributed by atoms with Crippen molar-refractivity contribution in [3.8, 4) is 0 Å². The number of amides is 1. The third-order valence-electron chi connectivity index (χ3n) is 4.07. The number of fused-ring (bicyclic) bond motifs is 1. The van der Waals surface area contributed by atoms with Crippen LogP contribution >= 0.6 is 0 Å². The highest BCUT2D eigenvalue weighted by atomic mass is 16.2. The van der Waals surface area contributed by atoms with E-state index >= 15 is 0 Å². The van der Waals surface area contributed by atoms with E-state index < -0.39 is 6.04 Å². The maximum atomic E-state index is 12.3. The Kier molecular flexibility index (Phi) is 4.46. The number of benzene rings is 1. The van der Waals surface area contributed by atoms with Crippen molar-refractivity contribution < 1.29 is 4.79 Å². The summed E-state index contributed by atoms with van der Waals surface area (Å²) in [6, 6.07) is 10.5. The predicted octanol–water partition coefficient (Wildman–Crippen LogP) is 1.95. The molecule has 0 unspecified atom stereocenters. The summed E-state index contributed by atoms with van der Waals surface area (Å²) < 4.78 is 1.22. The van der Waals surface area contributed by atoms with Gasteiger partial charge in [-0.2, -0.15) is 5.10 Å². The number of hydrogen-bond acceptors (Lipinski definition) is 3. The van der Waals surface area contributed by atoms with Crippen LogP contribution in [0.4, 0.5) is 0 Å². The first-order chi connectivity index (χ1) is 11.6. The third-order valence-corrected chi connectivity index (χ3v) is 4.07. The van der Waals surface area contributed by atoms with Gasteiger partial charge in [-0.15, -0.1) is 0 Å². The fraction of sp³-hybridized carbons (Fsp3) is 0.278. The van der Waals surface area contributed by atoms with Crippen molar-refractivity contribution in [3.63, 3.8) is 0 Å². The molecule has 0 radical (unpaired) electrons. The lowest BCUT2D eigenvalue weighted by Crippen LogP contribution is -2.37. The Balaban J connectivity index is 1.63. The highest BCUT2D eigenvalue weighted by Crippen LogP contribution is 2.17. The molecule has 1 amide bonds. The Morgan fingerprint density at radius 2 is 2.08 bits per heavy atom. The molecule has 0 saturated carbocycles. The van der Waals surface area contributed by atoms with Crippen molar-refractivity contribution in [2.45, 2.75) is 26.3 Å². The van der Waals surface area contributed by atoms with Gasteiger partial charge in [0.25, 0.3) is 5.56 Å². The molecule has 0 aliphatic rings. The van der Waals surface area contributed by atoms with Crippen molar-refractivity contribution >= 4 is 16.8 Å². The maximum Gasteiger partial charge on any atom is 0.267 e. The first-order valence-electron chi connectivity index (χ1n) is 7.95. The summed E-state index contributed by atoms with van der Waals surface area (Å²) in [4.78, 5) is 27.3. The summed E-state index contributed by atoms with van der Waals surface area (Å²) in [6.45, 7) is 3.97. The van der Waals surface area contributed by atoms with Gasteiger partial charge in [0.05, 0.1) is 5.69 Å². The summed E-state index contributed by atoms with van der Waals surface area (Å²) in [5.74, 6) is -0.213. The average Bonchev–Trinajstić information content (AvgIpc) is 2.99. The Labute approximate surface area is 139 Å². The van der Waals surface area contributed by atoms with Crippen molar-refractivity contribution in [1.82, 2.24) is 20.1 Å². The van der Waals surface area contributed by atoms with Crippen LogP contribution in [0.25, 0.3) is 10.9 Å². The topological polar surface area (TPSA) is 79.8 Å². The molecule has 0 bridgehead atoms. The monoisotopic (exact) mass is 324 g/mol. The minimum absolute atomic E-state index is 0.213. The zero-order chi connectivity index (χ0) is 17.1. The van der Waals surface area contributed by atoms with E-state index in [-0.39, 0.29) is 11.5 Å². The van der Waals surface area contributed by atoms with E-state index in [1.807, 2.05) is 24.4 Å². The molecule has 2 aromatic heterocycles. The number of nitrogens with zero attached hydrogens (tertiary/aromatic N) is 2. The van der Waals surface area contributed by atoms with Gasteiger partial charge in [-0.3, -0.25) is 9.59 Å². The van der Waals surface area contributed by atoms with Gasteiger partial charge in [0, 0.05) is 29.7 Å². The van der Waals surface area contributed by atoms with Crippen molar-refractivity contribution in [1.29, 1.82) is 0 Å². The molecule has 6 heteroatoms. The smallest absolute Gasteiger partial charge is 0.267 e. The zero-order valence-electron chi connectivity index (χ0n) is 13.7. The Morgan fingerprint density at radius 1 is 1.29 bits per heavy atom. The summed E-state index contributed by atoms with van der Waals surface area (Å²) in [6.07, 6.45) is 2.69. The lowest BCUT2D eigenvalue weighted by molar-refractivity contribution is -0.124. The van der Waals surface area contributed by atoms with E-state index in [1.165, 1.54) is 10.7 Å². The molecule has 2 heterocycles. The number of hydrogen-bond donors (Lipinski definition) is 2. The van der Waals surface area contributed by atoms with E-state index in [4.69, 9.17) is 0 Å². The van der Waals surface area contributed by atoms with Gasteiger partial charge in [0.1, 0.15) is 6.04 Å². The molecular formula is C18H20N4O2. The normalized spacial score (nSPS) is 12.2. The minimum atomic E-state index is -0.639. The summed E-state index contributed by atoms with van der Waals surface area (Å²) in [5, 5.41) is 8.17. The second-order valence-corrected chi connectivity index (χ2v) is 5.83. The van der Waals surface area contributed by atoms with E-state index in [0.29, 0.717) is 12.2 Å². The summed E-state index contributed by atoms with van der Waals surface area (Å²) >= 11 is 0. The highest BCUT2D eigenvalue weighted by Gasteiger charge is 2.17. The molecule has 6 nitrogen and oxygen atoms in total. The van der Waals surface area contributed by atoms with Crippen LogP contribution in [0.2, 0.25) is 0 Å². The molecule has 24 heavy (non-hydrogen) atoms. The van der Waals surface area contributed by atoms with Gasteiger partial charge in [-0.25, -0.2) is 4.68 Å². The number of H-pyrrole nitrogens is 1. The molecule has 0 spiro atoms. The third kappa shape index (κ3) is 3.22. The second-order valence-electron chi connectivity index (χ2n) is 5.83. The van der Waals surface area contributed by atoms with Gasteiger partial charge in [0.15, 0.2) is 0 Å². The predicted molar refractivity (Wildman–Crippen MR) is 93.0 cm³/mol. The zero-order valence-corrected chi connectivity index (χ0v) is 13.7. The van der Waals surface area contributed by atoms with Crippen LogP contribution in [0.1, 0.15) is 24.2 Å². The second kappa shape index (κ2) is 6.70. The Bertz CT molecular complexity index is 926. The van der Waals surface area contributed by atoms with Gasteiger partial charge in [-0.1, -0.05) is 18.2 Å². The lowest BCUT2D eigenvalue weighted by Gasteiger charge is -2.14. The number of aromatic amines is 1. The first-order valence-corrected chi connectivity index (χ1v) is 7.95. The maximum absolute atomic E-state index is 12.3. The molecule has 124 valence electrons. The fourth-order valence-corrected chi connectivity index (χ4v) is 2.72. The number of aromatic nitrogens is 3. The average molecular weight is 324 g/mol. The number of nitrogens with one attached hydrogen (secondary N) is 2. The van der Waals surface area contributed by atoms with E-state index in [0.717, 1.165) is 22.9 Å². The number of carbonyl (C=O) groups excluding carboxylic acids is 1. The van der Waals surface area contributed by atoms with Gasteiger partial charge < -0.3 is 10.3 Å². The van der Waals surface area contributed by atoms with E-state index in [1.54, 1.807) is 19.9 Å². The molecule has 3 rings (SSSR count). The highest BCUT2D eigenvalue weighted by molar-refractivity contribution is 5.83. The van der Waals surface area contributed by atoms with Crippen LogP contribution in [0.3, 0.4) is 0 Å². The molecule has 1 aromatic carbocycles. The fourth-order valence-electron chi connectivity index (χ4n) is 2.72. The van der Waals surface area contributed by atoms with Crippen molar-refractivity contribution in [3.05, 3.63) is 64.2 Å². The quantitative estimate of drug-likeness (QED) is 0.753. The van der Waals surface area contributed by atoms with Crippen LogP contribution in [0.15, 0.2) is 47.4 Å². The molecule has 0 aliphatic carbocycles. The number of rotatable bonds is 5. The van der Waals surface area contributed by atoms with Crippen molar-refractivity contribution in [2.24, 2.45) is 0 Å². The van der Waals surface area contributed by atoms with Crippen LogP contribution in [-0.2, 0) is 11.2 Å². The first kappa shape index (κ1) is 16.0. The molecule has 0 fully saturated rings. The Morgan fingerprint density at radius 3 is 2.92 bits per heavy atom. The molecule has 1 atom stereocenters. The summed E-state index contributed by atoms with van der Waals surface area (Å²) in [7, 11) is 0. The largest absolute Gasteiger partial charge is 0.361 e. The van der Waals surface area contributed by atoms with E-state index in [2.05, 4.69) is 21.5 Å². The number of para-hydroxylation sites is 1. The van der Waals surface area contributed by atoms with Crippen LogP contribution < -0.4 is 10.9 Å². The molecule has 2 N–H and O–H groups in total. The van der Waals surface area contributed by atoms with E-state index in [9.17, 15) is 9.59 Å².